The molecule has 0 aliphatic heterocycles. The number of hydrogen-bond acceptors (Lipinski definition) is 1. The molecule has 3 atom stereocenters. The monoisotopic (exact) mass is 183 g/mol. The van der Waals surface area contributed by atoms with Gasteiger partial charge in [0.1, 0.15) is 0 Å². The topological polar surface area (TPSA) is 12.0 Å². The molecular weight excluding hydrogens is 158 g/mol. The first-order valence-corrected chi connectivity index (χ1v) is 6.03. The van der Waals surface area contributed by atoms with E-state index in [2.05, 4.69) is 26.1 Å². The first-order valence-electron chi connectivity index (χ1n) is 6.03. The molecule has 0 radical (unpaired) electrons. The molecule has 13 heavy (non-hydrogen) atoms. The molecule has 0 saturated heterocycles. The maximum Gasteiger partial charge on any atom is 0.00978 e. The third-order valence-electron chi connectivity index (χ3n) is 3.60. The van der Waals surface area contributed by atoms with Crippen molar-refractivity contribution in [3.63, 3.8) is 0 Å². The van der Waals surface area contributed by atoms with Crippen molar-refractivity contribution in [2.24, 2.45) is 11.8 Å². The van der Waals surface area contributed by atoms with Gasteiger partial charge in [-0.1, -0.05) is 33.6 Å². The normalized spacial score (nSPS) is 30.7. The minimum absolute atomic E-state index is 0.829. The fourth-order valence-electron chi connectivity index (χ4n) is 2.56. The summed E-state index contributed by atoms with van der Waals surface area (Å²) < 4.78 is 0. The van der Waals surface area contributed by atoms with E-state index in [9.17, 15) is 0 Å². The molecule has 1 heteroatoms. The van der Waals surface area contributed by atoms with Gasteiger partial charge in [0, 0.05) is 6.04 Å². The summed E-state index contributed by atoms with van der Waals surface area (Å²) in [6.07, 6.45) is 6.92. The molecule has 0 bridgehead atoms. The van der Waals surface area contributed by atoms with Crippen molar-refractivity contribution in [3.05, 3.63) is 0 Å². The predicted molar refractivity (Wildman–Crippen MR) is 58.9 cm³/mol. The van der Waals surface area contributed by atoms with Gasteiger partial charge in [0.25, 0.3) is 0 Å². The van der Waals surface area contributed by atoms with Gasteiger partial charge in [-0.25, -0.2) is 0 Å². The van der Waals surface area contributed by atoms with Gasteiger partial charge in [0.05, 0.1) is 0 Å². The van der Waals surface area contributed by atoms with Crippen molar-refractivity contribution < 1.29 is 0 Å². The molecule has 0 aromatic rings. The highest BCUT2D eigenvalue weighted by atomic mass is 14.9. The lowest BCUT2D eigenvalue weighted by Crippen LogP contribution is -2.35. The van der Waals surface area contributed by atoms with E-state index in [1.807, 2.05) is 0 Å². The summed E-state index contributed by atoms with van der Waals surface area (Å²) in [6.45, 7) is 8.19. The van der Waals surface area contributed by atoms with Gasteiger partial charge in [-0.15, -0.1) is 0 Å². The maximum absolute atomic E-state index is 3.70. The zero-order valence-electron chi connectivity index (χ0n) is 9.47. The highest BCUT2D eigenvalue weighted by Crippen LogP contribution is 2.33. The van der Waals surface area contributed by atoms with Crippen LogP contribution in [0.25, 0.3) is 0 Å². The van der Waals surface area contributed by atoms with Gasteiger partial charge in [-0.2, -0.15) is 0 Å². The van der Waals surface area contributed by atoms with E-state index >= 15 is 0 Å². The highest BCUT2D eigenvalue weighted by Gasteiger charge is 2.29. The van der Waals surface area contributed by atoms with E-state index in [0.29, 0.717) is 0 Å². The van der Waals surface area contributed by atoms with Crippen molar-refractivity contribution in [2.75, 3.05) is 6.54 Å². The van der Waals surface area contributed by atoms with Crippen LogP contribution < -0.4 is 5.32 Å². The van der Waals surface area contributed by atoms with Crippen LogP contribution >= 0.6 is 0 Å². The van der Waals surface area contributed by atoms with Crippen molar-refractivity contribution in [3.8, 4) is 0 Å². The fourth-order valence-corrected chi connectivity index (χ4v) is 2.56. The van der Waals surface area contributed by atoms with Crippen molar-refractivity contribution >= 4 is 0 Å². The summed E-state index contributed by atoms with van der Waals surface area (Å²) in [4.78, 5) is 0. The first-order chi connectivity index (χ1) is 6.29. The molecule has 1 saturated carbocycles. The Labute approximate surface area is 83.3 Å². The second-order valence-electron chi connectivity index (χ2n) is 4.54. The van der Waals surface area contributed by atoms with Gasteiger partial charge < -0.3 is 5.32 Å². The summed E-state index contributed by atoms with van der Waals surface area (Å²) in [5, 5.41) is 3.70. The molecule has 1 fully saturated rings. The molecule has 3 unspecified atom stereocenters. The van der Waals surface area contributed by atoms with E-state index in [-0.39, 0.29) is 0 Å². The van der Waals surface area contributed by atoms with Crippen molar-refractivity contribution in [2.45, 2.75) is 58.9 Å². The van der Waals surface area contributed by atoms with Crippen LogP contribution in [0.1, 0.15) is 52.9 Å². The van der Waals surface area contributed by atoms with Gasteiger partial charge in [0.15, 0.2) is 0 Å². The quantitative estimate of drug-likeness (QED) is 0.690. The highest BCUT2D eigenvalue weighted by molar-refractivity contribution is 4.85. The van der Waals surface area contributed by atoms with Crippen LogP contribution in [-0.2, 0) is 0 Å². The lowest BCUT2D eigenvalue weighted by Gasteiger charge is -2.25. The van der Waals surface area contributed by atoms with E-state index < -0.39 is 0 Å². The standard InChI is InChI=1S/C12H25N/c1-4-9-13-12-8-6-7-11(12)10(3)5-2/h10-13H,4-9H2,1-3H3. The third kappa shape index (κ3) is 2.98. The molecule has 1 aliphatic rings. The van der Waals surface area contributed by atoms with E-state index in [4.69, 9.17) is 0 Å². The Morgan fingerprint density at radius 3 is 2.69 bits per heavy atom. The second-order valence-corrected chi connectivity index (χ2v) is 4.54. The SMILES string of the molecule is CCCNC1CCCC1C(C)CC. The molecule has 1 aliphatic carbocycles. The van der Waals surface area contributed by atoms with Crippen LogP contribution in [0.3, 0.4) is 0 Å². The Bertz CT molecular complexity index is 133. The number of rotatable bonds is 5. The summed E-state index contributed by atoms with van der Waals surface area (Å²) in [5.74, 6) is 1.87. The Hall–Kier alpha value is -0.0400. The number of hydrogen-bond donors (Lipinski definition) is 1. The molecule has 1 rings (SSSR count). The Morgan fingerprint density at radius 1 is 1.31 bits per heavy atom. The Morgan fingerprint density at radius 2 is 2.08 bits per heavy atom. The maximum atomic E-state index is 3.70. The summed E-state index contributed by atoms with van der Waals surface area (Å²) in [5.41, 5.74) is 0. The molecule has 1 N–H and O–H groups in total. The van der Waals surface area contributed by atoms with E-state index in [1.54, 1.807) is 0 Å². The first kappa shape index (κ1) is 11.0. The fraction of sp³-hybridized carbons (Fsp3) is 1.00. The average molecular weight is 183 g/mol. The minimum atomic E-state index is 0.829. The molecule has 0 heterocycles. The van der Waals surface area contributed by atoms with Gasteiger partial charge in [0.2, 0.25) is 0 Å². The average Bonchev–Trinajstić information content (AvgIpc) is 2.61. The van der Waals surface area contributed by atoms with Crippen LogP contribution in [0.2, 0.25) is 0 Å². The number of nitrogens with one attached hydrogen (secondary N) is 1. The molecule has 0 aromatic carbocycles. The molecule has 0 aromatic heterocycles. The van der Waals surface area contributed by atoms with E-state index in [0.717, 1.165) is 17.9 Å². The van der Waals surface area contributed by atoms with Gasteiger partial charge in [-0.3, -0.25) is 0 Å². The van der Waals surface area contributed by atoms with Crippen LogP contribution in [0.15, 0.2) is 0 Å². The van der Waals surface area contributed by atoms with E-state index in [1.165, 1.54) is 38.6 Å². The molecule has 1 nitrogen and oxygen atoms in total. The van der Waals surface area contributed by atoms with Gasteiger partial charge in [-0.05, 0) is 37.6 Å². The van der Waals surface area contributed by atoms with Gasteiger partial charge >= 0.3 is 0 Å². The van der Waals surface area contributed by atoms with Crippen LogP contribution in [0.5, 0.6) is 0 Å². The van der Waals surface area contributed by atoms with Crippen molar-refractivity contribution in [1.29, 1.82) is 0 Å². The largest absolute Gasteiger partial charge is 0.314 e. The molecule has 0 amide bonds. The lowest BCUT2D eigenvalue weighted by molar-refractivity contribution is 0.290. The molecular formula is C12H25N. The summed E-state index contributed by atoms with van der Waals surface area (Å²) in [6, 6.07) is 0.829. The second kappa shape index (κ2) is 5.64. The zero-order chi connectivity index (χ0) is 9.68. The summed E-state index contributed by atoms with van der Waals surface area (Å²) in [7, 11) is 0. The molecule has 0 spiro atoms. The van der Waals surface area contributed by atoms with Crippen LogP contribution in [0, 0.1) is 11.8 Å². The van der Waals surface area contributed by atoms with Crippen LogP contribution in [-0.4, -0.2) is 12.6 Å². The smallest absolute Gasteiger partial charge is 0.00978 e. The predicted octanol–water partition coefficient (Wildman–Crippen LogP) is 3.20. The van der Waals surface area contributed by atoms with Crippen LogP contribution in [0.4, 0.5) is 0 Å². The van der Waals surface area contributed by atoms with Crippen molar-refractivity contribution in [1.82, 2.24) is 5.32 Å². The zero-order valence-corrected chi connectivity index (χ0v) is 9.47. The third-order valence-corrected chi connectivity index (χ3v) is 3.60. The minimum Gasteiger partial charge on any atom is -0.314 e. The Kier molecular flexibility index (Phi) is 4.79. The summed E-state index contributed by atoms with van der Waals surface area (Å²) >= 11 is 0. The molecule has 78 valence electrons. The Balaban J connectivity index is 2.34. The lowest BCUT2D eigenvalue weighted by atomic mass is 9.87.